The Kier molecular flexibility index (Phi) is 22.3. The Hall–Kier alpha value is -4.27. The van der Waals surface area contributed by atoms with Crippen LogP contribution in [0.25, 0.3) is 0 Å². The number of benzene rings is 2. The molecule has 2 aliphatic carbocycles. The van der Waals surface area contributed by atoms with Gasteiger partial charge in [0.05, 0.1) is 38.1 Å². The smallest absolute Gasteiger partial charge is 0.412 e. The lowest BCUT2D eigenvalue weighted by Gasteiger charge is -2.60. The maximum Gasteiger partial charge on any atom is 0.412 e. The van der Waals surface area contributed by atoms with Crippen LogP contribution in [-0.2, 0) is 25.7 Å². The van der Waals surface area contributed by atoms with E-state index in [0.29, 0.717) is 43.0 Å². The van der Waals surface area contributed by atoms with Crippen LogP contribution in [-0.4, -0.2) is 103 Å². The average Bonchev–Trinajstić information content (AvgIpc) is 3.31. The normalized spacial score (nSPS) is 22.6. The topological polar surface area (TPSA) is 169 Å². The minimum atomic E-state index is -1.42. The first-order valence-electron chi connectivity index (χ1n) is 24.4. The number of amides is 2. The van der Waals surface area contributed by atoms with Gasteiger partial charge in [0.2, 0.25) is 11.7 Å². The molecule has 3 aliphatic rings. The zero-order valence-corrected chi connectivity index (χ0v) is 39.1. The van der Waals surface area contributed by atoms with Crippen molar-refractivity contribution in [2.24, 2.45) is 22.9 Å². The van der Waals surface area contributed by atoms with Crippen molar-refractivity contribution in [3.8, 4) is 11.5 Å². The molecule has 6 atom stereocenters. The van der Waals surface area contributed by atoms with E-state index in [1.165, 1.54) is 39.2 Å². The summed E-state index contributed by atoms with van der Waals surface area (Å²) in [4.78, 5) is 35.5. The molecular weight excluding hydrogens is 827 g/mol. The fourth-order valence-corrected chi connectivity index (χ4v) is 10.2. The molecule has 13 nitrogen and oxygen atoms in total. The second kappa shape index (κ2) is 28.0. The van der Waals surface area contributed by atoms with E-state index in [1.54, 1.807) is 12.1 Å². The molecule has 1 aliphatic heterocycles. The maximum atomic E-state index is 14.8. The van der Waals surface area contributed by atoms with E-state index in [0.717, 1.165) is 68.1 Å². The van der Waals surface area contributed by atoms with Crippen LogP contribution in [0.2, 0.25) is 0 Å². The van der Waals surface area contributed by atoms with Gasteiger partial charge in [0, 0.05) is 50.6 Å². The highest BCUT2D eigenvalue weighted by Gasteiger charge is 2.65. The molecule has 1 heterocycles. The number of carbonyl (C=O) groups is 2. The van der Waals surface area contributed by atoms with E-state index in [4.69, 9.17) is 23.8 Å². The zero-order valence-electron chi connectivity index (χ0n) is 39.1. The predicted octanol–water partition coefficient (Wildman–Crippen LogP) is 9.00. The molecule has 0 saturated heterocycles. The third-order valence-corrected chi connectivity index (χ3v) is 13.2. The van der Waals surface area contributed by atoms with Gasteiger partial charge in [-0.15, -0.1) is 6.58 Å². The van der Waals surface area contributed by atoms with Crippen molar-refractivity contribution in [1.29, 1.82) is 0 Å². The van der Waals surface area contributed by atoms with Gasteiger partial charge >= 0.3 is 6.09 Å². The summed E-state index contributed by atoms with van der Waals surface area (Å²) >= 11 is 0. The molecule has 2 amide bonds. The summed E-state index contributed by atoms with van der Waals surface area (Å²) in [6, 6.07) is 14.4. The lowest BCUT2D eigenvalue weighted by molar-refractivity contribution is -0.258. The van der Waals surface area contributed by atoms with Gasteiger partial charge in [-0.3, -0.25) is 4.79 Å². The van der Waals surface area contributed by atoms with Crippen molar-refractivity contribution < 1.29 is 48.7 Å². The number of ether oxygens (including phenoxy) is 4. The highest BCUT2D eigenvalue weighted by atomic mass is 16.7. The Balaban J connectivity index is 1.59. The van der Waals surface area contributed by atoms with E-state index in [-0.39, 0.29) is 76.3 Å². The van der Waals surface area contributed by atoms with Crippen molar-refractivity contribution in [1.82, 2.24) is 10.2 Å². The summed E-state index contributed by atoms with van der Waals surface area (Å²) in [5.74, 6) is -1.26. The molecule has 0 unspecified atom stereocenters. The molecule has 2 aromatic rings. The number of aliphatic hydroxyl groups excluding tert-OH is 3. The van der Waals surface area contributed by atoms with Gasteiger partial charge in [-0.05, 0) is 73.3 Å². The first kappa shape index (κ1) is 51.7. The third-order valence-electron chi connectivity index (χ3n) is 13.2. The number of rotatable bonds is 31. The van der Waals surface area contributed by atoms with Crippen molar-refractivity contribution in [3.05, 3.63) is 84.0 Å². The predicted molar refractivity (Wildman–Crippen MR) is 253 cm³/mol. The molecule has 0 spiro atoms. The minimum absolute atomic E-state index is 0.00654. The molecule has 5 rings (SSSR count). The van der Waals surface area contributed by atoms with Crippen LogP contribution in [0.15, 0.2) is 78.0 Å². The molecule has 2 aromatic carbocycles. The van der Waals surface area contributed by atoms with Crippen LogP contribution in [0, 0.1) is 17.8 Å². The number of aliphatic hydroxyl groups is 3. The number of fused-ring (bicyclic) bond motifs is 2. The molecule has 65 heavy (non-hydrogen) atoms. The summed E-state index contributed by atoms with van der Waals surface area (Å²) in [6.07, 6.45) is 18.7. The van der Waals surface area contributed by atoms with E-state index >= 15 is 0 Å². The van der Waals surface area contributed by atoms with E-state index in [2.05, 4.69) is 30.1 Å². The lowest BCUT2D eigenvalue weighted by Crippen LogP contribution is -2.70. The molecule has 1 fully saturated rings. The molecule has 0 bridgehead atoms. The highest BCUT2D eigenvalue weighted by molar-refractivity contribution is 6.03. The molecule has 13 heteroatoms. The van der Waals surface area contributed by atoms with Gasteiger partial charge in [-0.2, -0.15) is 0 Å². The average molecular weight is 904 g/mol. The number of allylic oxidation sites excluding steroid dienone is 1. The monoisotopic (exact) mass is 904 g/mol. The molecule has 1 saturated carbocycles. The van der Waals surface area contributed by atoms with Gasteiger partial charge < -0.3 is 49.3 Å². The largest absolute Gasteiger partial charge is 0.459 e. The standard InChI is InChI=1S/C52H77N3O10/c1-4-6-7-8-9-10-11-12-16-25-48(59)55(28-33-62-34-31-58)47-37-45(54-61-3)43-35-40(23-17-19-29-56)42(24-18-20-30-57)49-44-36-41(64-51(60)53-38-39-21-14-13-15-22-39)26-27-46(44)65-52(47,50(43)49)63-32-5-2/h5,13-15,21-22,26-27,35-36,40,42,47,49-50,56-58H,2,4,6-12,16-20,23-25,28-34,37-38H2,1,3H3,(H,53,60)/t40-,42+,47-,49+,50+,52+/m0/s1. The fraction of sp³-hybridized carbons (Fsp3) is 0.635. The Morgan fingerprint density at radius 2 is 1.63 bits per heavy atom. The molecule has 4 N–H and O–H groups in total. The molecule has 0 aromatic heterocycles. The van der Waals surface area contributed by atoms with Crippen molar-refractivity contribution >= 4 is 17.7 Å². The summed E-state index contributed by atoms with van der Waals surface area (Å²) in [5.41, 5.74) is 3.41. The van der Waals surface area contributed by atoms with Gasteiger partial charge in [-0.1, -0.05) is 119 Å². The van der Waals surface area contributed by atoms with E-state index in [9.17, 15) is 24.9 Å². The van der Waals surface area contributed by atoms with Crippen LogP contribution in [0.3, 0.4) is 0 Å². The number of hydrogen-bond donors (Lipinski definition) is 4. The number of unbranched alkanes of at least 4 members (excludes halogenated alkanes) is 10. The first-order chi connectivity index (χ1) is 31.8. The molecule has 360 valence electrons. The van der Waals surface area contributed by atoms with Crippen molar-refractivity contribution in [2.45, 2.75) is 140 Å². The van der Waals surface area contributed by atoms with Crippen LogP contribution < -0.4 is 14.8 Å². The van der Waals surface area contributed by atoms with Crippen LogP contribution in [0.4, 0.5) is 4.79 Å². The SMILES string of the molecule is C=CCO[C@@]12Oc3ccc(OC(=O)NCc4ccccc4)cc3[C@H]3[C@H](CCCCO)[C@@H](CCCCO)C=C(C(=NOC)C[C@@H]1N(CCOCCO)C(=O)CCCCCCCCCCC)[C@H]32. The Morgan fingerprint density at radius 1 is 0.908 bits per heavy atom. The van der Waals surface area contributed by atoms with E-state index < -0.39 is 23.8 Å². The summed E-state index contributed by atoms with van der Waals surface area (Å²) in [6.45, 7) is 7.31. The van der Waals surface area contributed by atoms with Gasteiger partial charge in [0.25, 0.3) is 0 Å². The second-order valence-corrected chi connectivity index (χ2v) is 17.7. The maximum absolute atomic E-state index is 14.8. The van der Waals surface area contributed by atoms with Crippen LogP contribution in [0.1, 0.15) is 133 Å². The van der Waals surface area contributed by atoms with Crippen LogP contribution in [0.5, 0.6) is 11.5 Å². The number of nitrogens with one attached hydrogen (secondary N) is 1. The number of oxime groups is 1. The quantitative estimate of drug-likeness (QED) is 0.0326. The summed E-state index contributed by atoms with van der Waals surface area (Å²) in [5, 5.41) is 37.0. The number of nitrogens with zero attached hydrogens (tertiary/aromatic N) is 2. The summed E-state index contributed by atoms with van der Waals surface area (Å²) < 4.78 is 26.2. The Labute approximate surface area is 387 Å². The number of carbonyl (C=O) groups excluding carboxylic acids is 2. The van der Waals surface area contributed by atoms with Gasteiger partial charge in [-0.25, -0.2) is 4.79 Å². The van der Waals surface area contributed by atoms with Gasteiger partial charge in [0.15, 0.2) is 0 Å². The van der Waals surface area contributed by atoms with E-state index in [1.807, 2.05) is 47.4 Å². The fourth-order valence-electron chi connectivity index (χ4n) is 10.2. The first-order valence-corrected chi connectivity index (χ1v) is 24.4. The van der Waals surface area contributed by atoms with Crippen LogP contribution >= 0.6 is 0 Å². The molecule has 0 radical (unpaired) electrons. The van der Waals surface area contributed by atoms with Gasteiger partial charge in [0.1, 0.15) is 24.7 Å². The summed E-state index contributed by atoms with van der Waals surface area (Å²) in [7, 11) is 1.53. The zero-order chi connectivity index (χ0) is 46.3. The minimum Gasteiger partial charge on any atom is -0.459 e. The Morgan fingerprint density at radius 3 is 2.32 bits per heavy atom. The van der Waals surface area contributed by atoms with Crippen molar-refractivity contribution in [2.75, 3.05) is 53.3 Å². The second-order valence-electron chi connectivity index (χ2n) is 17.7. The lowest BCUT2D eigenvalue weighted by atomic mass is 9.55. The molecular formula is C52H77N3O10. The number of hydrogen-bond acceptors (Lipinski definition) is 11. The van der Waals surface area contributed by atoms with Crippen molar-refractivity contribution in [3.63, 3.8) is 0 Å². The highest BCUT2D eigenvalue weighted by Crippen LogP contribution is 2.62. The Bertz CT molecular complexity index is 1810. The third kappa shape index (κ3) is 14.4.